The predicted octanol–water partition coefficient (Wildman–Crippen LogP) is 6.57. The van der Waals surface area contributed by atoms with Gasteiger partial charge in [-0.05, 0) is 48.6 Å². The van der Waals surface area contributed by atoms with Crippen molar-refractivity contribution in [1.82, 2.24) is 34.8 Å². The topological polar surface area (TPSA) is 163 Å². The smallest absolute Gasteiger partial charge is 0.293 e. The molecule has 2 aromatic carbocycles. The molecule has 3 atom stereocenters. The molecule has 0 aliphatic heterocycles. The van der Waals surface area contributed by atoms with E-state index in [1.54, 1.807) is 12.1 Å². The number of nitrogen functional groups attached to an aromatic ring is 1. The molecule has 1 saturated carbocycles. The lowest BCUT2D eigenvalue weighted by molar-refractivity contribution is -0.123. The molecule has 282 valence electrons. The molecule has 54 heavy (non-hydrogen) atoms. The standard InChI is InChI=1S/C33H26ClF6N9O3S2/c1-48-27-15(3-4-19(34)24(27)31(46-48)47-54(2,51)52)16-10-21-30(44-32(41)53-21)43-25(16)20(7-12-5-13(35)8-14(36)6-12)42-22(50)11-49-28-23(26(45-49)29(37)38)17-9-18(17)33(28,39)40/h3-6,8,10,17-18,20,29H,7,9,11H2,1-2H3,(H,42,50)(H,46,47)(H2,41,43,44)/t17-,18+,20?/m0/s1. The summed E-state index contributed by atoms with van der Waals surface area (Å²) < 4.78 is 117. The highest BCUT2D eigenvalue weighted by molar-refractivity contribution is 7.92. The molecular weight excluding hydrogens is 784 g/mol. The molecule has 4 aromatic heterocycles. The van der Waals surface area contributed by atoms with Gasteiger partial charge < -0.3 is 11.1 Å². The van der Waals surface area contributed by atoms with Gasteiger partial charge in [-0.2, -0.15) is 19.0 Å². The molecule has 0 spiro atoms. The average molecular weight is 810 g/mol. The molecule has 8 rings (SSSR count). The first kappa shape index (κ1) is 36.0. The van der Waals surface area contributed by atoms with E-state index in [4.69, 9.17) is 22.3 Å². The zero-order valence-electron chi connectivity index (χ0n) is 27.8. The molecule has 6 aromatic rings. The van der Waals surface area contributed by atoms with Gasteiger partial charge in [0.25, 0.3) is 12.3 Å². The Bertz CT molecular complexity index is 2640. The van der Waals surface area contributed by atoms with Crippen LogP contribution in [0.1, 0.15) is 53.0 Å². The van der Waals surface area contributed by atoms with Crippen LogP contribution in [0.5, 0.6) is 0 Å². The molecule has 1 fully saturated rings. The quantitative estimate of drug-likeness (QED) is 0.131. The number of fused-ring (bicyclic) bond motifs is 5. The molecule has 4 heterocycles. The van der Waals surface area contributed by atoms with E-state index in [1.165, 1.54) is 17.8 Å². The number of nitrogens with two attached hydrogens (primary N) is 1. The number of nitrogens with zero attached hydrogens (tertiary/aromatic N) is 6. The third-order valence-corrected chi connectivity index (χ3v) is 11.1. The Hall–Kier alpha value is -4.95. The first-order valence-electron chi connectivity index (χ1n) is 16.1. The van der Waals surface area contributed by atoms with Crippen LogP contribution in [0.3, 0.4) is 0 Å². The van der Waals surface area contributed by atoms with Gasteiger partial charge in [0.1, 0.15) is 29.6 Å². The van der Waals surface area contributed by atoms with Gasteiger partial charge in [-0.15, -0.1) is 0 Å². The fourth-order valence-electron chi connectivity index (χ4n) is 7.35. The van der Waals surface area contributed by atoms with E-state index in [-0.39, 0.29) is 56.7 Å². The maximum Gasteiger partial charge on any atom is 0.293 e. The molecular formula is C33H26ClF6N9O3S2. The minimum Gasteiger partial charge on any atom is -0.375 e. The van der Waals surface area contributed by atoms with Crippen molar-refractivity contribution in [3.63, 3.8) is 0 Å². The van der Waals surface area contributed by atoms with E-state index >= 15 is 8.78 Å². The predicted molar refractivity (Wildman–Crippen MR) is 188 cm³/mol. The van der Waals surface area contributed by atoms with Crippen molar-refractivity contribution in [3.8, 4) is 11.1 Å². The number of carbonyl (C=O) groups is 1. The van der Waals surface area contributed by atoms with E-state index in [9.17, 15) is 30.8 Å². The molecule has 2 aliphatic rings. The number of carbonyl (C=O) groups excluding carboxylic acids is 1. The Morgan fingerprint density at radius 1 is 1.09 bits per heavy atom. The van der Waals surface area contributed by atoms with Crippen molar-refractivity contribution >= 4 is 71.1 Å². The molecule has 0 saturated heterocycles. The SMILES string of the molecule is Cn1nc(NS(C)(=O)=O)c2c(Cl)ccc(-c3cc4sc(N)nc4nc3C(Cc3cc(F)cc(F)c3)NC(=O)Cn3nc(C(F)F)c4c3C(F)(F)[C@@H]3C[C@H]43)c21. The number of benzene rings is 2. The van der Waals surface area contributed by atoms with Crippen molar-refractivity contribution in [1.29, 1.82) is 0 Å². The fraction of sp³-hybridized carbons (Fsp3) is 0.303. The van der Waals surface area contributed by atoms with Crippen molar-refractivity contribution in [2.24, 2.45) is 13.0 Å². The number of alkyl halides is 4. The highest BCUT2D eigenvalue weighted by atomic mass is 35.5. The Morgan fingerprint density at radius 3 is 2.50 bits per heavy atom. The highest BCUT2D eigenvalue weighted by Crippen LogP contribution is 2.68. The Labute approximate surface area is 310 Å². The summed E-state index contributed by atoms with van der Waals surface area (Å²) in [6.07, 6.45) is -2.50. The van der Waals surface area contributed by atoms with Crippen molar-refractivity contribution in [3.05, 3.63) is 81.3 Å². The number of hydrogen-bond donors (Lipinski definition) is 3. The Balaban J connectivity index is 1.28. The number of aryl methyl sites for hydroxylation is 1. The largest absolute Gasteiger partial charge is 0.375 e. The van der Waals surface area contributed by atoms with Crippen molar-refractivity contribution in [2.45, 2.75) is 43.7 Å². The number of rotatable bonds is 10. The molecule has 1 amide bonds. The number of halogens is 7. The number of anilines is 2. The summed E-state index contributed by atoms with van der Waals surface area (Å²) in [6.45, 7) is -0.896. The van der Waals surface area contributed by atoms with Crippen LogP contribution in [0.4, 0.5) is 37.3 Å². The number of aromatic nitrogens is 6. The number of hydrogen-bond acceptors (Lipinski definition) is 9. The van der Waals surface area contributed by atoms with Crippen molar-refractivity contribution in [2.75, 3.05) is 16.7 Å². The van der Waals surface area contributed by atoms with Crippen LogP contribution in [0.25, 0.3) is 32.4 Å². The minimum atomic E-state index is -3.82. The Kier molecular flexibility index (Phi) is 8.38. The minimum absolute atomic E-state index is 0.0301. The average Bonchev–Trinajstić information content (AvgIpc) is 3.37. The van der Waals surface area contributed by atoms with Gasteiger partial charge in [-0.3, -0.25) is 18.9 Å². The second kappa shape index (κ2) is 12.6. The lowest BCUT2D eigenvalue weighted by Gasteiger charge is -2.23. The van der Waals surface area contributed by atoms with Crippen molar-refractivity contribution < 1.29 is 39.6 Å². The third kappa shape index (κ3) is 6.18. The summed E-state index contributed by atoms with van der Waals surface area (Å²) in [5.74, 6) is -8.30. The van der Waals surface area contributed by atoms with E-state index in [2.05, 4.69) is 25.2 Å². The van der Waals surface area contributed by atoms with Gasteiger partial charge >= 0.3 is 0 Å². The van der Waals surface area contributed by atoms with Gasteiger partial charge in [0.05, 0.1) is 38.6 Å². The lowest BCUT2D eigenvalue weighted by atomic mass is 9.94. The summed E-state index contributed by atoms with van der Waals surface area (Å²) in [4.78, 5) is 22.8. The summed E-state index contributed by atoms with van der Waals surface area (Å²) >= 11 is 7.66. The van der Waals surface area contributed by atoms with Gasteiger partial charge in [0, 0.05) is 35.7 Å². The molecule has 0 radical (unpaired) electrons. The van der Waals surface area contributed by atoms with Gasteiger partial charge in [-0.1, -0.05) is 29.0 Å². The van der Waals surface area contributed by atoms with E-state index < -0.39 is 75.7 Å². The van der Waals surface area contributed by atoms with Crippen LogP contribution in [-0.4, -0.2) is 50.1 Å². The lowest BCUT2D eigenvalue weighted by Crippen LogP contribution is -2.35. The number of sulfonamides is 1. The van der Waals surface area contributed by atoms with Crippen LogP contribution in [0.15, 0.2) is 36.4 Å². The molecule has 2 aliphatic carbocycles. The van der Waals surface area contributed by atoms with E-state index in [1.807, 2.05) is 0 Å². The second-order valence-corrected chi connectivity index (χ2v) is 16.5. The monoisotopic (exact) mass is 809 g/mol. The maximum absolute atomic E-state index is 15.3. The number of thiazole rings is 1. The second-order valence-electron chi connectivity index (χ2n) is 13.2. The summed E-state index contributed by atoms with van der Waals surface area (Å²) in [5, 5.41) is 11.2. The van der Waals surface area contributed by atoms with Gasteiger partial charge in [0.2, 0.25) is 15.9 Å². The molecule has 1 unspecified atom stereocenters. The number of nitrogens with one attached hydrogen (secondary N) is 2. The molecule has 12 nitrogen and oxygen atoms in total. The third-order valence-electron chi connectivity index (χ3n) is 9.43. The summed E-state index contributed by atoms with van der Waals surface area (Å²) in [5.41, 5.74) is 5.50. The van der Waals surface area contributed by atoms with Gasteiger partial charge in [-0.25, -0.2) is 35.9 Å². The first-order valence-corrected chi connectivity index (χ1v) is 19.2. The van der Waals surface area contributed by atoms with E-state index in [0.29, 0.717) is 32.1 Å². The van der Waals surface area contributed by atoms with Crippen LogP contribution in [0, 0.1) is 17.6 Å². The van der Waals surface area contributed by atoms with Crippen LogP contribution in [-0.2, 0) is 40.8 Å². The van der Waals surface area contributed by atoms with Gasteiger partial charge in [0.15, 0.2) is 16.6 Å². The number of pyridine rings is 1. The molecule has 21 heteroatoms. The molecule has 0 bridgehead atoms. The Morgan fingerprint density at radius 2 is 1.81 bits per heavy atom. The summed E-state index contributed by atoms with van der Waals surface area (Å²) in [6, 6.07) is 6.19. The first-order chi connectivity index (χ1) is 25.4. The van der Waals surface area contributed by atoms with E-state index in [0.717, 1.165) is 29.7 Å². The van der Waals surface area contributed by atoms with Crippen LogP contribution in [0.2, 0.25) is 5.02 Å². The maximum atomic E-state index is 15.3. The van der Waals surface area contributed by atoms with Crippen LogP contribution >= 0.6 is 22.9 Å². The molecule has 4 N–H and O–H groups in total. The van der Waals surface area contributed by atoms with Crippen LogP contribution < -0.4 is 15.8 Å². The normalized spacial score (nSPS) is 18.0. The highest BCUT2D eigenvalue weighted by Gasteiger charge is 2.67. The number of amides is 1. The fourth-order valence-corrected chi connectivity index (χ4v) is 8.80. The zero-order chi connectivity index (χ0) is 38.6. The summed E-state index contributed by atoms with van der Waals surface area (Å²) in [7, 11) is -2.28. The zero-order valence-corrected chi connectivity index (χ0v) is 30.2.